The van der Waals surface area contributed by atoms with Crippen LogP contribution in [0.1, 0.15) is 0 Å². The molecule has 0 unspecified atom stereocenters. The Morgan fingerprint density at radius 2 is 0.941 bits per heavy atom. The smallest absolute Gasteiger partial charge is 0.759 e. The summed E-state index contributed by atoms with van der Waals surface area (Å²) in [4.78, 5) is 3.78. The summed E-state index contributed by atoms with van der Waals surface area (Å²) in [6.07, 6.45) is 3.50. The Morgan fingerprint density at radius 3 is 1.00 bits per heavy atom. The van der Waals surface area contributed by atoms with E-state index in [1.54, 1.807) is 12.4 Å². The molecule has 0 aliphatic rings. The first-order chi connectivity index (χ1) is 7.00. The normalized spacial score (nSPS) is 9.65. The summed E-state index contributed by atoms with van der Waals surface area (Å²) in [7, 11) is -10.3. The molecule has 0 saturated carbocycles. The summed E-state index contributed by atoms with van der Waals surface area (Å²) in [6.45, 7) is 0. The summed E-state index contributed by atoms with van der Waals surface area (Å²) in [5.74, 6) is 0. The number of nitrogens with zero attached hydrogens (tertiary/aromatic N) is 1. The molecular weight excluding hydrogens is 385 g/mol. The minimum atomic E-state index is -5.17. The monoisotopic (exact) mass is 391 g/mol. The largest absolute Gasteiger partial charge is 4.00 e. The molecule has 12 heteroatoms. The van der Waals surface area contributed by atoms with Gasteiger partial charge in [0.05, 0.1) is 0 Å². The third-order valence-electron chi connectivity index (χ3n) is 0.566. The fourth-order valence-electron chi connectivity index (χ4n) is 0.313. The minimum Gasteiger partial charge on any atom is -0.759 e. The van der Waals surface area contributed by atoms with Crippen molar-refractivity contribution in [1.82, 2.24) is 4.98 Å². The number of hydrogen-bond donors (Lipinski definition) is 0. The summed E-state index contributed by atoms with van der Waals surface area (Å²) >= 11 is 0. The van der Waals surface area contributed by atoms with Crippen LogP contribution in [-0.4, -0.2) is 63.9 Å². The van der Waals surface area contributed by atoms with Crippen LogP contribution in [-0.2, 0) is 20.8 Å². The van der Waals surface area contributed by atoms with Gasteiger partial charge in [0.25, 0.3) is 0 Å². The fourth-order valence-corrected chi connectivity index (χ4v) is 0.313. The molecule has 0 saturated heterocycles. The standard InChI is InChI=1S/C5H5N.2H2O4S.Sn/c1-2-4-6-5-3-1;2*1-5(2,3)4;/h1-5H;2*(H2,1,2,3,4);/q;;;+4/p-4. The van der Waals surface area contributed by atoms with Gasteiger partial charge >= 0.3 is 23.9 Å². The van der Waals surface area contributed by atoms with Gasteiger partial charge in [-0.2, -0.15) is 0 Å². The van der Waals surface area contributed by atoms with Crippen LogP contribution in [0.2, 0.25) is 0 Å². The predicted molar refractivity (Wildman–Crippen MR) is 50.9 cm³/mol. The van der Waals surface area contributed by atoms with E-state index in [-0.39, 0.29) is 23.9 Å². The average molecular weight is 390 g/mol. The van der Waals surface area contributed by atoms with Crippen LogP contribution in [0.15, 0.2) is 30.6 Å². The Balaban J connectivity index is -0.000000170. The molecular formula is C5H5NO8S2Sn. The first kappa shape index (κ1) is 21.9. The molecule has 94 valence electrons. The van der Waals surface area contributed by atoms with Crippen molar-refractivity contribution in [2.24, 2.45) is 0 Å². The molecule has 0 fully saturated rings. The van der Waals surface area contributed by atoms with Gasteiger partial charge in [-0.25, -0.2) is 0 Å². The van der Waals surface area contributed by atoms with Gasteiger partial charge in [0.1, 0.15) is 0 Å². The van der Waals surface area contributed by atoms with E-state index >= 15 is 0 Å². The molecule has 0 atom stereocenters. The van der Waals surface area contributed by atoms with E-state index in [0.29, 0.717) is 0 Å². The van der Waals surface area contributed by atoms with Crippen molar-refractivity contribution in [2.75, 3.05) is 0 Å². The molecule has 1 aromatic heterocycles. The Labute approximate surface area is 115 Å². The molecule has 0 spiro atoms. The SMILES string of the molecule is O=S(=O)([O-])[O-].O=S(=O)([O-])[O-].[Sn+4].c1ccncc1. The number of rotatable bonds is 0. The summed E-state index contributed by atoms with van der Waals surface area (Å²) in [5.41, 5.74) is 0. The van der Waals surface area contributed by atoms with E-state index in [4.69, 9.17) is 35.0 Å². The van der Waals surface area contributed by atoms with Crippen molar-refractivity contribution in [3.05, 3.63) is 30.6 Å². The molecule has 0 N–H and O–H groups in total. The van der Waals surface area contributed by atoms with Gasteiger partial charge in [0.15, 0.2) is 0 Å². The third kappa shape index (κ3) is 90.8. The Bertz CT molecular complexity index is 385. The molecule has 1 rings (SSSR count). The zero-order valence-electron chi connectivity index (χ0n) is 7.92. The molecule has 9 nitrogen and oxygen atoms in total. The maximum Gasteiger partial charge on any atom is 4.00 e. The minimum absolute atomic E-state index is 0. The Hall–Kier alpha value is -0.311. The maximum atomic E-state index is 8.52. The molecule has 0 amide bonds. The molecule has 17 heavy (non-hydrogen) atoms. The molecule has 0 bridgehead atoms. The molecule has 0 aliphatic heterocycles. The summed E-state index contributed by atoms with van der Waals surface area (Å²) in [5, 5.41) is 0. The van der Waals surface area contributed by atoms with Crippen LogP contribution in [0.25, 0.3) is 0 Å². The van der Waals surface area contributed by atoms with Crippen LogP contribution >= 0.6 is 0 Å². The van der Waals surface area contributed by atoms with Crippen molar-refractivity contribution < 1.29 is 35.0 Å². The van der Waals surface area contributed by atoms with Gasteiger partial charge in [-0.3, -0.25) is 21.8 Å². The van der Waals surface area contributed by atoms with Gasteiger partial charge in [0.2, 0.25) is 0 Å². The van der Waals surface area contributed by atoms with E-state index < -0.39 is 20.8 Å². The number of pyridine rings is 1. The van der Waals surface area contributed by atoms with Crippen LogP contribution in [0.3, 0.4) is 0 Å². The third-order valence-corrected chi connectivity index (χ3v) is 0.566. The van der Waals surface area contributed by atoms with Crippen molar-refractivity contribution in [2.45, 2.75) is 0 Å². The quantitative estimate of drug-likeness (QED) is 0.276. The van der Waals surface area contributed by atoms with Crippen LogP contribution in [0.4, 0.5) is 0 Å². The second-order valence-electron chi connectivity index (χ2n) is 1.84. The second kappa shape index (κ2) is 10.8. The summed E-state index contributed by atoms with van der Waals surface area (Å²) < 4.78 is 68.2. The molecule has 0 aliphatic carbocycles. The molecule has 0 radical (unpaired) electrons. The maximum absolute atomic E-state index is 8.52. The van der Waals surface area contributed by atoms with Crippen molar-refractivity contribution in [1.29, 1.82) is 0 Å². The van der Waals surface area contributed by atoms with E-state index in [1.165, 1.54) is 0 Å². The fraction of sp³-hybridized carbons (Fsp3) is 0. The van der Waals surface area contributed by atoms with E-state index in [0.717, 1.165) is 0 Å². The van der Waals surface area contributed by atoms with Crippen molar-refractivity contribution in [3.8, 4) is 0 Å². The topological polar surface area (TPSA) is 173 Å². The van der Waals surface area contributed by atoms with E-state index in [1.807, 2.05) is 18.2 Å². The number of aromatic nitrogens is 1. The van der Waals surface area contributed by atoms with Crippen LogP contribution in [0.5, 0.6) is 0 Å². The Morgan fingerprint density at radius 1 is 0.706 bits per heavy atom. The van der Waals surface area contributed by atoms with Crippen LogP contribution < -0.4 is 0 Å². The van der Waals surface area contributed by atoms with E-state index in [2.05, 4.69) is 4.98 Å². The van der Waals surface area contributed by atoms with Gasteiger partial charge in [-0.05, 0) is 12.1 Å². The molecule has 1 heterocycles. The Kier molecular flexibility index (Phi) is 14.0. The number of hydrogen-bond acceptors (Lipinski definition) is 9. The summed E-state index contributed by atoms with van der Waals surface area (Å²) in [6, 6.07) is 5.72. The van der Waals surface area contributed by atoms with Crippen molar-refractivity contribution in [3.63, 3.8) is 0 Å². The zero-order valence-corrected chi connectivity index (χ0v) is 12.4. The predicted octanol–water partition coefficient (Wildman–Crippen LogP) is -1.98. The molecule has 0 aromatic carbocycles. The van der Waals surface area contributed by atoms with Gasteiger partial charge in [-0.1, -0.05) is 6.07 Å². The van der Waals surface area contributed by atoms with E-state index in [9.17, 15) is 0 Å². The first-order valence-electron chi connectivity index (χ1n) is 3.18. The average Bonchev–Trinajstić information content (AvgIpc) is 2.01. The van der Waals surface area contributed by atoms with Crippen LogP contribution in [0, 0.1) is 0 Å². The molecule has 1 aromatic rings. The van der Waals surface area contributed by atoms with Crippen molar-refractivity contribution >= 4 is 44.7 Å². The second-order valence-corrected chi connectivity index (χ2v) is 3.47. The van der Waals surface area contributed by atoms with Gasteiger partial charge in [0, 0.05) is 33.2 Å². The van der Waals surface area contributed by atoms with Gasteiger partial charge < -0.3 is 18.2 Å². The van der Waals surface area contributed by atoms with Gasteiger partial charge in [-0.15, -0.1) is 0 Å². The zero-order chi connectivity index (χ0) is 13.2. The first-order valence-corrected chi connectivity index (χ1v) is 5.85.